The van der Waals surface area contributed by atoms with Gasteiger partial charge in [0.25, 0.3) is 0 Å². The second kappa shape index (κ2) is 10.9. The number of aliphatic carboxylic acids is 1. The standard InChI is InChI=1S/C29H46NO7/c1-16(6-9-25(35)30-22(27(36)37)5-4-12-31)19-7-8-20-26-21(15-24(34)29(19,20)3)28(2)11-10-18(32)13-17(28)14-23(26)33/h16-24,26,32-34H,4-11,13-15H2,1-3H3,(H,30,35)(H,36,37)/t16-,17+,18-,19-,20?,21?,22+,23-,24+,26?,28+,29-/m1/s1. The zero-order chi connectivity index (χ0) is 27.1. The van der Waals surface area contributed by atoms with E-state index in [-0.39, 0.29) is 77.6 Å². The Balaban J connectivity index is 1.43. The molecule has 5 N–H and O–H groups in total. The van der Waals surface area contributed by atoms with Gasteiger partial charge in [-0.15, -0.1) is 0 Å². The predicted octanol–water partition coefficient (Wildman–Crippen LogP) is 2.82. The minimum atomic E-state index is -1.16. The van der Waals surface area contributed by atoms with Crippen molar-refractivity contribution in [3.8, 4) is 0 Å². The van der Waals surface area contributed by atoms with Gasteiger partial charge in [0.05, 0.1) is 18.3 Å². The summed E-state index contributed by atoms with van der Waals surface area (Å²) < 4.78 is 0. The lowest BCUT2D eigenvalue weighted by Crippen LogP contribution is -2.62. The second-order valence-electron chi connectivity index (χ2n) is 13.2. The van der Waals surface area contributed by atoms with Crippen molar-refractivity contribution in [2.75, 3.05) is 0 Å². The van der Waals surface area contributed by atoms with Crippen LogP contribution in [0.3, 0.4) is 0 Å². The number of carbonyl (C=O) groups is 2. The third-order valence-electron chi connectivity index (χ3n) is 11.5. The summed E-state index contributed by atoms with van der Waals surface area (Å²) in [7, 11) is 0. The van der Waals surface area contributed by atoms with Crippen LogP contribution in [0.1, 0.15) is 91.4 Å². The molecule has 0 heterocycles. The summed E-state index contributed by atoms with van der Waals surface area (Å²) in [5.41, 5.74) is -0.297. The Kier molecular flexibility index (Phi) is 8.42. The number of rotatable bonds is 9. The number of carboxylic acids is 1. The number of carbonyl (C=O) groups excluding carboxylic acids is 2. The van der Waals surface area contributed by atoms with Crippen molar-refractivity contribution in [1.29, 1.82) is 0 Å². The molecule has 4 fully saturated rings. The molecule has 0 aromatic rings. The molecule has 209 valence electrons. The number of carboxylic acid groups (broad SMARTS) is 1. The van der Waals surface area contributed by atoms with Gasteiger partial charge in [-0.3, -0.25) is 9.59 Å². The van der Waals surface area contributed by atoms with Crippen LogP contribution in [-0.4, -0.2) is 62.9 Å². The maximum Gasteiger partial charge on any atom is 0.326 e. The van der Waals surface area contributed by atoms with Crippen molar-refractivity contribution < 1.29 is 34.8 Å². The number of aliphatic hydroxyl groups is 3. The fraction of sp³-hybridized carbons (Fsp3) is 0.897. The van der Waals surface area contributed by atoms with Crippen LogP contribution in [0.5, 0.6) is 0 Å². The third-order valence-corrected chi connectivity index (χ3v) is 11.5. The lowest BCUT2D eigenvalue weighted by atomic mass is 9.43. The second-order valence-corrected chi connectivity index (χ2v) is 13.2. The highest BCUT2D eigenvalue weighted by molar-refractivity contribution is 5.83. The van der Waals surface area contributed by atoms with Crippen molar-refractivity contribution in [1.82, 2.24) is 5.32 Å². The van der Waals surface area contributed by atoms with Crippen LogP contribution in [0.25, 0.3) is 0 Å². The highest BCUT2D eigenvalue weighted by Gasteiger charge is 2.65. The summed E-state index contributed by atoms with van der Waals surface area (Å²) in [5.74, 6) is -0.211. The molecular weight excluding hydrogens is 474 g/mol. The van der Waals surface area contributed by atoms with Crippen molar-refractivity contribution in [2.24, 2.45) is 46.3 Å². The fourth-order valence-corrected chi connectivity index (χ4v) is 9.42. The Morgan fingerprint density at radius 1 is 1.03 bits per heavy atom. The van der Waals surface area contributed by atoms with Gasteiger partial charge in [0.2, 0.25) is 5.91 Å². The van der Waals surface area contributed by atoms with Crippen molar-refractivity contribution in [2.45, 2.75) is 116 Å². The average molecular weight is 521 g/mol. The summed E-state index contributed by atoms with van der Waals surface area (Å²) >= 11 is 0. The van der Waals surface area contributed by atoms with Gasteiger partial charge in [-0.2, -0.15) is 0 Å². The van der Waals surface area contributed by atoms with E-state index in [2.05, 4.69) is 26.1 Å². The molecule has 4 aliphatic carbocycles. The van der Waals surface area contributed by atoms with Crippen LogP contribution < -0.4 is 5.32 Å². The highest BCUT2D eigenvalue weighted by atomic mass is 16.4. The summed E-state index contributed by atoms with van der Waals surface area (Å²) in [6.07, 6.45) is 7.05. The molecule has 0 aliphatic heterocycles. The first-order valence-corrected chi connectivity index (χ1v) is 14.3. The molecule has 0 bridgehead atoms. The van der Waals surface area contributed by atoms with Crippen molar-refractivity contribution in [3.05, 3.63) is 0 Å². The summed E-state index contributed by atoms with van der Waals surface area (Å²) in [5, 5.41) is 45.2. The van der Waals surface area contributed by atoms with Crippen molar-refractivity contribution in [3.63, 3.8) is 0 Å². The number of fused-ring (bicyclic) bond motifs is 5. The van der Waals surface area contributed by atoms with E-state index in [1.54, 1.807) is 6.29 Å². The van der Waals surface area contributed by atoms with E-state index < -0.39 is 24.2 Å². The third kappa shape index (κ3) is 5.10. The van der Waals surface area contributed by atoms with E-state index in [1.165, 1.54) is 0 Å². The first kappa shape index (κ1) is 28.5. The maximum atomic E-state index is 12.5. The minimum absolute atomic E-state index is 0.0261. The molecule has 0 aromatic heterocycles. The molecule has 8 nitrogen and oxygen atoms in total. The van der Waals surface area contributed by atoms with Crippen LogP contribution >= 0.6 is 0 Å². The van der Waals surface area contributed by atoms with Crippen LogP contribution in [0, 0.1) is 46.3 Å². The lowest BCUT2D eigenvalue weighted by molar-refractivity contribution is -0.207. The highest BCUT2D eigenvalue weighted by Crippen LogP contribution is 2.68. The number of nitrogens with one attached hydrogen (secondary N) is 1. The van der Waals surface area contributed by atoms with Crippen molar-refractivity contribution >= 4 is 18.2 Å². The maximum absolute atomic E-state index is 12.5. The van der Waals surface area contributed by atoms with Gasteiger partial charge < -0.3 is 25.7 Å². The molecule has 4 saturated carbocycles. The van der Waals surface area contributed by atoms with Gasteiger partial charge in [-0.05, 0) is 104 Å². The first-order chi connectivity index (χ1) is 17.4. The number of amides is 1. The van der Waals surface area contributed by atoms with Crippen LogP contribution in [0.2, 0.25) is 0 Å². The predicted molar refractivity (Wildman–Crippen MR) is 137 cm³/mol. The Morgan fingerprint density at radius 3 is 2.43 bits per heavy atom. The van der Waals surface area contributed by atoms with E-state index in [4.69, 9.17) is 0 Å². The molecule has 4 aliphatic rings. The number of aliphatic hydroxyl groups excluding tert-OH is 3. The minimum Gasteiger partial charge on any atom is -0.480 e. The fourth-order valence-electron chi connectivity index (χ4n) is 9.42. The van der Waals surface area contributed by atoms with Crippen LogP contribution in [0.4, 0.5) is 0 Å². The largest absolute Gasteiger partial charge is 0.480 e. The molecule has 8 heteroatoms. The molecule has 0 spiro atoms. The summed E-state index contributed by atoms with van der Waals surface area (Å²) in [6.45, 7) is 6.64. The Bertz CT molecular complexity index is 865. The number of hydrogen-bond acceptors (Lipinski definition) is 6. The van der Waals surface area contributed by atoms with Gasteiger partial charge in [0, 0.05) is 12.8 Å². The van der Waals surface area contributed by atoms with Gasteiger partial charge >= 0.3 is 5.97 Å². The Hall–Kier alpha value is -1.51. The van der Waals surface area contributed by atoms with E-state index in [0.29, 0.717) is 12.8 Å². The normalized spacial score (nSPS) is 44.6. The lowest BCUT2D eigenvalue weighted by Gasteiger charge is -2.63. The Morgan fingerprint density at radius 2 is 1.76 bits per heavy atom. The summed E-state index contributed by atoms with van der Waals surface area (Å²) in [4.78, 5) is 34.4. The van der Waals surface area contributed by atoms with E-state index in [9.17, 15) is 34.8 Å². The van der Waals surface area contributed by atoms with E-state index in [0.717, 1.165) is 38.5 Å². The number of hydrogen-bond donors (Lipinski definition) is 5. The van der Waals surface area contributed by atoms with E-state index in [1.807, 2.05) is 0 Å². The van der Waals surface area contributed by atoms with Gasteiger partial charge in [-0.25, -0.2) is 4.79 Å². The molecule has 0 saturated heterocycles. The topological polar surface area (TPSA) is 144 Å². The zero-order valence-corrected chi connectivity index (χ0v) is 22.6. The molecule has 1 radical (unpaired) electrons. The van der Waals surface area contributed by atoms with Crippen LogP contribution in [0.15, 0.2) is 0 Å². The molecule has 4 rings (SSSR count). The molecule has 12 atom stereocenters. The summed E-state index contributed by atoms with van der Waals surface area (Å²) in [6, 6.07) is -1.09. The quantitative estimate of drug-likeness (QED) is 0.314. The van der Waals surface area contributed by atoms with Crippen LogP contribution in [-0.2, 0) is 14.4 Å². The van der Waals surface area contributed by atoms with E-state index >= 15 is 0 Å². The van der Waals surface area contributed by atoms with Gasteiger partial charge in [0.15, 0.2) is 6.29 Å². The average Bonchev–Trinajstić information content (AvgIpc) is 3.20. The molecule has 37 heavy (non-hydrogen) atoms. The smallest absolute Gasteiger partial charge is 0.326 e. The SMILES string of the molecule is C[C@H](CCC(=O)N[C@@H](CC[C]=O)C(=O)O)[C@H]1CCC2C3C(C[C@H](O)[C@@]21C)[C@@]1(C)CC[C@@H](O)C[C@H]1C[C@H]3O. The van der Waals surface area contributed by atoms with Gasteiger partial charge in [-0.1, -0.05) is 20.8 Å². The first-order valence-electron chi connectivity index (χ1n) is 14.3. The van der Waals surface area contributed by atoms with Gasteiger partial charge in [0.1, 0.15) is 6.04 Å². The molecule has 1 amide bonds. The Labute approximate surface area is 220 Å². The zero-order valence-electron chi connectivity index (χ0n) is 22.6. The molecule has 3 unspecified atom stereocenters. The monoisotopic (exact) mass is 520 g/mol. The molecular formula is C29H46NO7. The molecule has 0 aromatic carbocycles.